The summed E-state index contributed by atoms with van der Waals surface area (Å²) in [4.78, 5) is 16.6. The number of rotatable bonds is 3. The van der Waals surface area contributed by atoms with E-state index in [-0.39, 0.29) is 11.8 Å². The number of hydrogen-bond donors (Lipinski definition) is 1. The van der Waals surface area contributed by atoms with Crippen molar-refractivity contribution in [3.05, 3.63) is 0 Å². The normalized spacial score (nSPS) is 34.5. The maximum Gasteiger partial charge on any atom is 0.236 e. The van der Waals surface area contributed by atoms with Crippen molar-refractivity contribution in [3.8, 4) is 0 Å². The second kappa shape index (κ2) is 7.47. The minimum absolute atomic E-state index is 0.119. The largest absolute Gasteiger partial charge is 0.389 e. The van der Waals surface area contributed by atoms with E-state index in [1.54, 1.807) is 0 Å². The molecule has 3 aliphatic heterocycles. The number of nitrogens with zero attached hydrogens (tertiary/aromatic N) is 2. The standard InChI is InChI=1S/C17H30N2O4/c1-14-12-19(16(20)13-18-6-10-23-11-7-18)5-4-17(14,21)15-2-8-22-9-3-15/h14-15,21H,2-13H2,1H3/t14-,17+/m1/s1. The van der Waals surface area contributed by atoms with Crippen LogP contribution in [0.5, 0.6) is 0 Å². The molecule has 1 amide bonds. The predicted molar refractivity (Wildman–Crippen MR) is 86.1 cm³/mol. The first kappa shape index (κ1) is 17.1. The van der Waals surface area contributed by atoms with Crippen LogP contribution in [-0.2, 0) is 14.3 Å². The van der Waals surface area contributed by atoms with Crippen LogP contribution in [0.4, 0.5) is 0 Å². The molecule has 0 saturated carbocycles. The van der Waals surface area contributed by atoms with Crippen molar-refractivity contribution in [2.75, 3.05) is 59.2 Å². The highest BCUT2D eigenvalue weighted by molar-refractivity contribution is 5.78. The summed E-state index contributed by atoms with van der Waals surface area (Å²) in [6.45, 7) is 8.50. The second-order valence-electron chi connectivity index (χ2n) is 7.26. The molecule has 0 aliphatic carbocycles. The number of aliphatic hydroxyl groups is 1. The zero-order chi connectivity index (χ0) is 16.3. The first-order chi connectivity index (χ1) is 11.1. The molecule has 3 fully saturated rings. The number of amides is 1. The highest BCUT2D eigenvalue weighted by atomic mass is 16.5. The van der Waals surface area contributed by atoms with Gasteiger partial charge in [-0.25, -0.2) is 0 Å². The number of hydrogen-bond acceptors (Lipinski definition) is 5. The van der Waals surface area contributed by atoms with Crippen LogP contribution in [0.2, 0.25) is 0 Å². The molecule has 2 atom stereocenters. The third-order valence-electron chi connectivity index (χ3n) is 5.87. The van der Waals surface area contributed by atoms with Crippen LogP contribution in [0.1, 0.15) is 26.2 Å². The van der Waals surface area contributed by atoms with Crippen LogP contribution in [0.25, 0.3) is 0 Å². The van der Waals surface area contributed by atoms with Gasteiger partial charge in [-0.3, -0.25) is 9.69 Å². The zero-order valence-electron chi connectivity index (χ0n) is 14.2. The average molecular weight is 326 g/mol. The zero-order valence-corrected chi connectivity index (χ0v) is 14.2. The number of carbonyl (C=O) groups excluding carboxylic acids is 1. The Morgan fingerprint density at radius 3 is 2.43 bits per heavy atom. The van der Waals surface area contributed by atoms with Gasteiger partial charge in [0.05, 0.1) is 25.4 Å². The van der Waals surface area contributed by atoms with Crippen LogP contribution in [0.3, 0.4) is 0 Å². The second-order valence-corrected chi connectivity index (χ2v) is 7.26. The Morgan fingerprint density at radius 1 is 1.13 bits per heavy atom. The molecule has 0 unspecified atom stereocenters. The van der Waals surface area contributed by atoms with Crippen molar-refractivity contribution in [1.82, 2.24) is 9.80 Å². The molecule has 3 rings (SSSR count). The molecule has 0 bridgehead atoms. The highest BCUT2D eigenvalue weighted by Gasteiger charge is 2.46. The molecule has 6 nitrogen and oxygen atoms in total. The van der Waals surface area contributed by atoms with Gasteiger partial charge < -0.3 is 19.5 Å². The quantitative estimate of drug-likeness (QED) is 0.811. The molecule has 3 heterocycles. The molecular formula is C17H30N2O4. The molecule has 6 heteroatoms. The average Bonchev–Trinajstić information content (AvgIpc) is 2.59. The SMILES string of the molecule is C[C@@H]1CN(C(=O)CN2CCOCC2)CC[C@@]1(O)C1CCOCC1. The summed E-state index contributed by atoms with van der Waals surface area (Å²) in [6.07, 6.45) is 2.55. The fourth-order valence-corrected chi connectivity index (χ4v) is 4.22. The Hall–Kier alpha value is -0.690. The van der Waals surface area contributed by atoms with Crippen molar-refractivity contribution < 1.29 is 19.4 Å². The Bertz CT molecular complexity index is 407. The minimum atomic E-state index is -0.639. The molecule has 3 aliphatic rings. The Kier molecular flexibility index (Phi) is 5.57. The summed E-state index contributed by atoms with van der Waals surface area (Å²) in [7, 11) is 0. The summed E-state index contributed by atoms with van der Waals surface area (Å²) >= 11 is 0. The van der Waals surface area contributed by atoms with E-state index in [2.05, 4.69) is 11.8 Å². The monoisotopic (exact) mass is 326 g/mol. The smallest absolute Gasteiger partial charge is 0.236 e. The summed E-state index contributed by atoms with van der Waals surface area (Å²) < 4.78 is 10.8. The van der Waals surface area contributed by atoms with Gasteiger partial charge in [0.1, 0.15) is 0 Å². The molecule has 132 valence electrons. The first-order valence-electron chi connectivity index (χ1n) is 8.97. The van der Waals surface area contributed by atoms with Gasteiger partial charge in [-0.2, -0.15) is 0 Å². The molecule has 23 heavy (non-hydrogen) atoms. The molecule has 0 aromatic carbocycles. The molecule has 3 saturated heterocycles. The van der Waals surface area contributed by atoms with Crippen molar-refractivity contribution in [3.63, 3.8) is 0 Å². The van der Waals surface area contributed by atoms with Gasteiger partial charge in [-0.15, -0.1) is 0 Å². The Morgan fingerprint density at radius 2 is 1.78 bits per heavy atom. The number of ether oxygens (including phenoxy) is 2. The number of likely N-dealkylation sites (tertiary alicyclic amines) is 1. The van der Waals surface area contributed by atoms with Crippen LogP contribution in [0, 0.1) is 11.8 Å². The van der Waals surface area contributed by atoms with Crippen LogP contribution in [0.15, 0.2) is 0 Å². The maximum atomic E-state index is 12.5. The third kappa shape index (κ3) is 3.87. The molecular weight excluding hydrogens is 296 g/mol. The highest BCUT2D eigenvalue weighted by Crippen LogP contribution is 2.39. The van der Waals surface area contributed by atoms with Crippen LogP contribution >= 0.6 is 0 Å². The van der Waals surface area contributed by atoms with Crippen LogP contribution in [-0.4, -0.2) is 85.6 Å². The summed E-state index contributed by atoms with van der Waals surface area (Å²) in [5.41, 5.74) is -0.639. The van der Waals surface area contributed by atoms with E-state index in [9.17, 15) is 9.90 Å². The Balaban J connectivity index is 1.53. The topological polar surface area (TPSA) is 62.2 Å². The van der Waals surface area contributed by atoms with E-state index in [0.717, 1.165) is 39.1 Å². The van der Waals surface area contributed by atoms with Crippen molar-refractivity contribution in [2.24, 2.45) is 11.8 Å². The van der Waals surface area contributed by atoms with E-state index in [4.69, 9.17) is 9.47 Å². The van der Waals surface area contributed by atoms with E-state index in [1.165, 1.54) is 0 Å². The van der Waals surface area contributed by atoms with Crippen LogP contribution < -0.4 is 0 Å². The van der Waals surface area contributed by atoms with Gasteiger partial charge in [0, 0.05) is 45.3 Å². The van der Waals surface area contributed by atoms with Gasteiger partial charge in [0.25, 0.3) is 0 Å². The van der Waals surface area contributed by atoms with Gasteiger partial charge in [-0.1, -0.05) is 6.92 Å². The number of carbonyl (C=O) groups is 1. The number of morpholine rings is 1. The minimum Gasteiger partial charge on any atom is -0.389 e. The molecule has 0 radical (unpaired) electrons. The van der Waals surface area contributed by atoms with Crippen molar-refractivity contribution in [1.29, 1.82) is 0 Å². The summed E-state index contributed by atoms with van der Waals surface area (Å²) in [5.74, 6) is 0.614. The van der Waals surface area contributed by atoms with E-state index in [0.29, 0.717) is 45.2 Å². The summed E-state index contributed by atoms with van der Waals surface area (Å²) in [5, 5.41) is 11.2. The van der Waals surface area contributed by atoms with Gasteiger partial charge in [0.15, 0.2) is 0 Å². The lowest BCUT2D eigenvalue weighted by atomic mass is 9.70. The van der Waals surface area contributed by atoms with Gasteiger partial charge >= 0.3 is 0 Å². The maximum absolute atomic E-state index is 12.5. The van der Waals surface area contributed by atoms with Gasteiger partial charge in [0.2, 0.25) is 5.91 Å². The third-order valence-corrected chi connectivity index (χ3v) is 5.87. The molecule has 0 aromatic heterocycles. The fraction of sp³-hybridized carbons (Fsp3) is 0.941. The van der Waals surface area contributed by atoms with Gasteiger partial charge in [-0.05, 0) is 25.2 Å². The van der Waals surface area contributed by atoms with Crippen molar-refractivity contribution in [2.45, 2.75) is 31.8 Å². The lowest BCUT2D eigenvalue weighted by molar-refractivity contribution is -0.152. The molecule has 0 aromatic rings. The molecule has 1 N–H and O–H groups in total. The summed E-state index contributed by atoms with van der Waals surface area (Å²) in [6, 6.07) is 0. The fourth-order valence-electron chi connectivity index (χ4n) is 4.22. The first-order valence-corrected chi connectivity index (χ1v) is 8.97. The molecule has 0 spiro atoms. The van der Waals surface area contributed by atoms with E-state index >= 15 is 0 Å². The lowest BCUT2D eigenvalue weighted by Gasteiger charge is -2.48. The lowest BCUT2D eigenvalue weighted by Crippen LogP contribution is -2.58. The number of piperidine rings is 1. The van der Waals surface area contributed by atoms with Crippen molar-refractivity contribution >= 4 is 5.91 Å². The van der Waals surface area contributed by atoms with E-state index < -0.39 is 5.60 Å². The van der Waals surface area contributed by atoms with E-state index in [1.807, 2.05) is 4.90 Å². The Labute approximate surface area is 138 Å². The predicted octanol–water partition coefficient (Wildman–Crippen LogP) is 0.345.